The van der Waals surface area contributed by atoms with Crippen molar-refractivity contribution in [2.24, 2.45) is 5.92 Å². The number of ether oxygens (including phenoxy) is 1. The van der Waals surface area contributed by atoms with Crippen molar-refractivity contribution in [2.45, 2.75) is 63.3 Å². The Kier molecular flexibility index (Phi) is 5.65. The number of rotatable bonds is 3. The first-order chi connectivity index (χ1) is 13.4. The van der Waals surface area contributed by atoms with Crippen molar-refractivity contribution in [3.8, 4) is 0 Å². The van der Waals surface area contributed by atoms with Crippen LogP contribution in [0.5, 0.6) is 0 Å². The first-order valence-electron chi connectivity index (χ1n) is 10.2. The quantitative estimate of drug-likeness (QED) is 0.850. The fraction of sp³-hybridized carbons (Fsp3) is 0.667. The Hall–Kier alpha value is -1.60. The minimum absolute atomic E-state index is 0.0234. The molecule has 1 amide bonds. The highest BCUT2D eigenvalue weighted by Gasteiger charge is 2.36. The summed E-state index contributed by atoms with van der Waals surface area (Å²) in [6.07, 6.45) is 0.953. The van der Waals surface area contributed by atoms with Gasteiger partial charge in [-0.15, -0.1) is 0 Å². The maximum atomic E-state index is 13.0. The maximum absolute atomic E-state index is 13.0. The van der Waals surface area contributed by atoms with Crippen molar-refractivity contribution in [3.05, 3.63) is 34.9 Å². The Balaban J connectivity index is 1.36. The fourth-order valence-electron chi connectivity index (χ4n) is 4.73. The van der Waals surface area contributed by atoms with Crippen LogP contribution in [0.4, 0.5) is 13.2 Å². The van der Waals surface area contributed by atoms with Crippen molar-refractivity contribution in [2.75, 3.05) is 19.8 Å². The molecule has 154 valence electrons. The highest BCUT2D eigenvalue weighted by molar-refractivity contribution is 5.79. The van der Waals surface area contributed by atoms with Crippen LogP contribution in [0.3, 0.4) is 0 Å². The average Bonchev–Trinajstić information content (AvgIpc) is 3.15. The van der Waals surface area contributed by atoms with Crippen LogP contribution in [0.15, 0.2) is 18.2 Å². The molecule has 0 radical (unpaired) electrons. The molecule has 1 saturated carbocycles. The molecule has 4 nitrogen and oxygen atoms in total. The minimum Gasteiger partial charge on any atom is -0.381 e. The van der Waals surface area contributed by atoms with Crippen molar-refractivity contribution in [3.63, 3.8) is 0 Å². The molecule has 3 aliphatic rings. The summed E-state index contributed by atoms with van der Waals surface area (Å²) in [6.45, 7) is 2.46. The molecule has 0 bridgehead atoms. The molecule has 2 heterocycles. The molecule has 2 atom stereocenters. The van der Waals surface area contributed by atoms with E-state index < -0.39 is 11.7 Å². The lowest BCUT2D eigenvalue weighted by Gasteiger charge is -2.31. The van der Waals surface area contributed by atoms with Gasteiger partial charge in [-0.25, -0.2) is 0 Å². The number of amides is 1. The summed E-state index contributed by atoms with van der Waals surface area (Å²) < 4.78 is 44.4. The van der Waals surface area contributed by atoms with Crippen LogP contribution < -0.4 is 5.32 Å². The standard InChI is InChI=1S/C21H27F3N2O2/c22-21(23,24)17-3-1-14-5-8-26(13-16(14)11-17)20(27)15-2-4-19(12-15)25-18-6-9-28-10-7-18/h1,3,11,15,18-19,25H,2,4-10,12-13H2. The van der Waals surface area contributed by atoms with Gasteiger partial charge in [-0.05, 0) is 61.8 Å². The predicted octanol–water partition coefficient (Wildman–Crippen LogP) is 3.53. The molecule has 28 heavy (non-hydrogen) atoms. The van der Waals surface area contributed by atoms with Gasteiger partial charge in [0, 0.05) is 44.3 Å². The van der Waals surface area contributed by atoms with Crippen molar-refractivity contribution >= 4 is 5.91 Å². The highest BCUT2D eigenvalue weighted by Crippen LogP contribution is 2.34. The van der Waals surface area contributed by atoms with Crippen molar-refractivity contribution in [1.82, 2.24) is 10.2 Å². The van der Waals surface area contributed by atoms with Crippen LogP contribution >= 0.6 is 0 Å². The minimum atomic E-state index is -4.35. The lowest BCUT2D eigenvalue weighted by molar-refractivity contribution is -0.137. The van der Waals surface area contributed by atoms with Gasteiger partial charge in [0.25, 0.3) is 0 Å². The highest BCUT2D eigenvalue weighted by atomic mass is 19.4. The molecule has 7 heteroatoms. The number of carbonyl (C=O) groups is 1. The third-order valence-electron chi connectivity index (χ3n) is 6.33. The van der Waals surface area contributed by atoms with Crippen LogP contribution in [0.1, 0.15) is 48.8 Å². The zero-order valence-corrected chi connectivity index (χ0v) is 15.9. The lowest BCUT2D eigenvalue weighted by Crippen LogP contribution is -2.42. The van der Waals surface area contributed by atoms with E-state index in [1.165, 1.54) is 6.07 Å². The molecule has 1 N–H and O–H groups in total. The lowest BCUT2D eigenvalue weighted by atomic mass is 9.95. The predicted molar refractivity (Wildman–Crippen MR) is 98.7 cm³/mol. The molecule has 0 spiro atoms. The number of hydrogen-bond donors (Lipinski definition) is 1. The summed E-state index contributed by atoms with van der Waals surface area (Å²) in [4.78, 5) is 14.7. The van der Waals surface area contributed by atoms with E-state index >= 15 is 0 Å². The Morgan fingerprint density at radius 2 is 1.86 bits per heavy atom. The van der Waals surface area contributed by atoms with Gasteiger partial charge in [-0.3, -0.25) is 4.79 Å². The molecular weight excluding hydrogens is 369 g/mol. The second-order valence-corrected chi connectivity index (χ2v) is 8.25. The van der Waals surface area contributed by atoms with Crippen molar-refractivity contribution in [1.29, 1.82) is 0 Å². The third kappa shape index (κ3) is 4.35. The molecule has 2 aliphatic heterocycles. The zero-order valence-electron chi connectivity index (χ0n) is 15.9. The fourth-order valence-corrected chi connectivity index (χ4v) is 4.73. The van der Waals surface area contributed by atoms with Gasteiger partial charge in [-0.2, -0.15) is 13.2 Å². The number of nitrogens with zero attached hydrogens (tertiary/aromatic N) is 1. The van der Waals surface area contributed by atoms with E-state index in [0.29, 0.717) is 30.6 Å². The molecular formula is C21H27F3N2O2. The van der Waals surface area contributed by atoms with Gasteiger partial charge in [-0.1, -0.05) is 6.07 Å². The van der Waals surface area contributed by atoms with Crippen LogP contribution in [0.2, 0.25) is 0 Å². The summed E-state index contributed by atoms with van der Waals surface area (Å²) in [7, 11) is 0. The van der Waals surface area contributed by atoms with Gasteiger partial charge in [0.2, 0.25) is 5.91 Å². The van der Waals surface area contributed by atoms with E-state index in [2.05, 4.69) is 5.32 Å². The van der Waals surface area contributed by atoms with E-state index in [-0.39, 0.29) is 18.4 Å². The van der Waals surface area contributed by atoms with E-state index in [1.54, 1.807) is 11.0 Å². The van der Waals surface area contributed by atoms with Crippen LogP contribution in [0.25, 0.3) is 0 Å². The summed E-state index contributed by atoms with van der Waals surface area (Å²) >= 11 is 0. The van der Waals surface area contributed by atoms with Gasteiger partial charge < -0.3 is 15.0 Å². The second-order valence-electron chi connectivity index (χ2n) is 8.25. The Morgan fingerprint density at radius 1 is 1.07 bits per heavy atom. The summed E-state index contributed by atoms with van der Waals surface area (Å²) in [5, 5.41) is 3.67. The zero-order chi connectivity index (χ0) is 19.7. The van der Waals surface area contributed by atoms with E-state index in [0.717, 1.165) is 56.9 Å². The maximum Gasteiger partial charge on any atom is 0.416 e. The number of alkyl halides is 3. The average molecular weight is 396 g/mol. The Labute approximate surface area is 163 Å². The third-order valence-corrected chi connectivity index (χ3v) is 6.33. The number of fused-ring (bicyclic) bond motifs is 1. The summed E-state index contributed by atoms with van der Waals surface area (Å²) in [6, 6.07) is 4.73. The normalized spacial score (nSPS) is 26.3. The van der Waals surface area contributed by atoms with Crippen LogP contribution in [-0.4, -0.2) is 42.6 Å². The molecule has 1 aromatic carbocycles. The summed E-state index contributed by atoms with van der Waals surface area (Å²) in [5.41, 5.74) is 0.911. The largest absolute Gasteiger partial charge is 0.416 e. The first-order valence-corrected chi connectivity index (χ1v) is 10.2. The Morgan fingerprint density at radius 3 is 2.61 bits per heavy atom. The number of carbonyl (C=O) groups excluding carboxylic acids is 1. The smallest absolute Gasteiger partial charge is 0.381 e. The second kappa shape index (κ2) is 8.03. The van der Waals surface area contributed by atoms with Gasteiger partial charge in [0.15, 0.2) is 0 Å². The summed E-state index contributed by atoms with van der Waals surface area (Å²) in [5.74, 6) is 0.0732. The van der Waals surface area contributed by atoms with E-state index in [4.69, 9.17) is 4.74 Å². The monoisotopic (exact) mass is 396 g/mol. The van der Waals surface area contributed by atoms with E-state index in [1.807, 2.05) is 0 Å². The molecule has 1 saturated heterocycles. The number of benzene rings is 1. The van der Waals surface area contributed by atoms with Crippen LogP contribution in [0, 0.1) is 5.92 Å². The topological polar surface area (TPSA) is 41.6 Å². The number of nitrogens with one attached hydrogen (secondary N) is 1. The van der Waals surface area contributed by atoms with E-state index in [9.17, 15) is 18.0 Å². The van der Waals surface area contributed by atoms with Crippen LogP contribution in [-0.2, 0) is 28.7 Å². The molecule has 4 rings (SSSR count). The number of hydrogen-bond acceptors (Lipinski definition) is 3. The molecule has 1 aromatic rings. The number of halogens is 3. The van der Waals surface area contributed by atoms with Gasteiger partial charge >= 0.3 is 6.18 Å². The molecule has 2 unspecified atom stereocenters. The van der Waals surface area contributed by atoms with Crippen molar-refractivity contribution < 1.29 is 22.7 Å². The van der Waals surface area contributed by atoms with Gasteiger partial charge in [0.05, 0.1) is 5.56 Å². The molecule has 2 fully saturated rings. The first kappa shape index (κ1) is 19.7. The molecule has 1 aliphatic carbocycles. The SMILES string of the molecule is O=C(C1CCC(NC2CCOCC2)C1)N1CCc2ccc(C(F)(F)F)cc2C1. The Bertz CT molecular complexity index is 716. The molecule has 0 aromatic heterocycles. The van der Waals surface area contributed by atoms with Gasteiger partial charge in [0.1, 0.15) is 0 Å².